The molecule has 1 amide bonds. The summed E-state index contributed by atoms with van der Waals surface area (Å²) in [6.45, 7) is 4.35. The highest BCUT2D eigenvalue weighted by molar-refractivity contribution is 7.92. The van der Waals surface area contributed by atoms with Crippen LogP contribution in [0.15, 0.2) is 77.7 Å². The maximum atomic E-state index is 13.1. The number of ether oxygens (including phenoxy) is 2. The normalized spacial score (nSPS) is 11.3. The van der Waals surface area contributed by atoms with Gasteiger partial charge in [0.2, 0.25) is 0 Å². The SMILES string of the molecule is COc1ccc(N(C)S(=O)(=O)c2cccc(C(=O)Nc3cccc(COC(C)C)c3)c2)cc1. The molecule has 3 aromatic carbocycles. The molecule has 7 nitrogen and oxygen atoms in total. The van der Waals surface area contributed by atoms with Crippen LogP contribution in [0.3, 0.4) is 0 Å². The van der Waals surface area contributed by atoms with E-state index < -0.39 is 15.9 Å². The average molecular weight is 469 g/mol. The van der Waals surface area contributed by atoms with Gasteiger partial charge in [-0.25, -0.2) is 8.42 Å². The zero-order valence-corrected chi connectivity index (χ0v) is 19.9. The highest BCUT2D eigenvalue weighted by Gasteiger charge is 2.22. The molecule has 0 bridgehead atoms. The highest BCUT2D eigenvalue weighted by Crippen LogP contribution is 2.25. The van der Waals surface area contributed by atoms with E-state index in [0.29, 0.717) is 23.7 Å². The number of carbonyl (C=O) groups is 1. The zero-order chi connectivity index (χ0) is 24.0. The molecule has 0 atom stereocenters. The summed E-state index contributed by atoms with van der Waals surface area (Å²) in [7, 11) is -0.857. The molecule has 0 heterocycles. The van der Waals surface area contributed by atoms with Crippen molar-refractivity contribution in [2.45, 2.75) is 31.5 Å². The van der Waals surface area contributed by atoms with E-state index in [1.807, 2.05) is 32.0 Å². The predicted octanol–water partition coefficient (Wildman–Crippen LogP) is 4.70. The molecule has 0 unspecified atom stereocenters. The number of hydrogen-bond acceptors (Lipinski definition) is 5. The van der Waals surface area contributed by atoms with Crippen molar-refractivity contribution in [2.24, 2.45) is 0 Å². The summed E-state index contributed by atoms with van der Waals surface area (Å²) in [4.78, 5) is 12.8. The molecule has 8 heteroatoms. The Morgan fingerprint density at radius 2 is 1.70 bits per heavy atom. The van der Waals surface area contributed by atoms with E-state index in [1.54, 1.807) is 49.6 Å². The predicted molar refractivity (Wildman–Crippen MR) is 129 cm³/mol. The van der Waals surface area contributed by atoms with Gasteiger partial charge < -0.3 is 14.8 Å². The van der Waals surface area contributed by atoms with Crippen LogP contribution in [0.5, 0.6) is 5.75 Å². The molecule has 0 spiro atoms. The van der Waals surface area contributed by atoms with Crippen LogP contribution in [-0.4, -0.2) is 34.6 Å². The minimum absolute atomic E-state index is 0.0209. The fraction of sp³-hybridized carbons (Fsp3) is 0.240. The van der Waals surface area contributed by atoms with Crippen molar-refractivity contribution in [3.63, 3.8) is 0 Å². The molecule has 0 fully saturated rings. The Balaban J connectivity index is 1.78. The molecule has 0 radical (unpaired) electrons. The summed E-state index contributed by atoms with van der Waals surface area (Å²) in [6, 6.07) is 20.0. The Hall–Kier alpha value is -3.36. The average Bonchev–Trinajstić information content (AvgIpc) is 2.82. The smallest absolute Gasteiger partial charge is 0.264 e. The highest BCUT2D eigenvalue weighted by atomic mass is 32.2. The van der Waals surface area contributed by atoms with Gasteiger partial charge in [-0.05, 0) is 74.0 Å². The molecule has 0 aromatic heterocycles. The standard InChI is InChI=1S/C25H28N2O5S/c1-18(2)32-17-19-7-5-9-21(15-19)26-25(28)20-8-6-10-24(16-20)33(29,30)27(3)22-11-13-23(31-4)14-12-22/h5-16,18H,17H2,1-4H3,(H,26,28). The minimum Gasteiger partial charge on any atom is -0.497 e. The van der Waals surface area contributed by atoms with Gasteiger partial charge >= 0.3 is 0 Å². The Morgan fingerprint density at radius 1 is 1.00 bits per heavy atom. The molecular weight excluding hydrogens is 440 g/mol. The number of nitrogens with zero attached hydrogens (tertiary/aromatic N) is 1. The fourth-order valence-corrected chi connectivity index (χ4v) is 4.33. The van der Waals surface area contributed by atoms with Crippen LogP contribution in [-0.2, 0) is 21.4 Å². The van der Waals surface area contributed by atoms with Gasteiger partial charge in [0.25, 0.3) is 15.9 Å². The summed E-state index contributed by atoms with van der Waals surface area (Å²) in [5.41, 5.74) is 2.25. The van der Waals surface area contributed by atoms with Crippen LogP contribution < -0.4 is 14.4 Å². The van der Waals surface area contributed by atoms with E-state index in [1.165, 1.54) is 23.5 Å². The van der Waals surface area contributed by atoms with Gasteiger partial charge in [-0.1, -0.05) is 18.2 Å². The largest absolute Gasteiger partial charge is 0.497 e. The van der Waals surface area contributed by atoms with Crippen molar-refractivity contribution >= 4 is 27.3 Å². The van der Waals surface area contributed by atoms with Crippen molar-refractivity contribution in [3.8, 4) is 5.75 Å². The van der Waals surface area contributed by atoms with Crippen LogP contribution in [0.1, 0.15) is 29.8 Å². The molecule has 0 aliphatic rings. The first-order valence-corrected chi connectivity index (χ1v) is 11.9. The maximum Gasteiger partial charge on any atom is 0.264 e. The molecule has 0 aliphatic carbocycles. The number of anilines is 2. The van der Waals surface area contributed by atoms with E-state index >= 15 is 0 Å². The summed E-state index contributed by atoms with van der Waals surface area (Å²) in [5.74, 6) is 0.226. The summed E-state index contributed by atoms with van der Waals surface area (Å²) in [6.07, 6.45) is 0.101. The number of methoxy groups -OCH3 is 1. The van der Waals surface area contributed by atoms with E-state index in [0.717, 1.165) is 5.56 Å². The summed E-state index contributed by atoms with van der Waals surface area (Å²) in [5, 5.41) is 2.82. The van der Waals surface area contributed by atoms with Crippen molar-refractivity contribution in [3.05, 3.63) is 83.9 Å². The third-order valence-corrected chi connectivity index (χ3v) is 6.74. The Morgan fingerprint density at radius 3 is 2.36 bits per heavy atom. The van der Waals surface area contributed by atoms with E-state index in [-0.39, 0.29) is 16.6 Å². The van der Waals surface area contributed by atoms with E-state index in [9.17, 15) is 13.2 Å². The van der Waals surface area contributed by atoms with Gasteiger partial charge in [0, 0.05) is 18.3 Å². The summed E-state index contributed by atoms with van der Waals surface area (Å²) >= 11 is 0. The molecule has 3 rings (SSSR count). The van der Waals surface area contributed by atoms with Crippen LogP contribution in [0, 0.1) is 0 Å². The first-order chi connectivity index (χ1) is 15.7. The number of amides is 1. The number of rotatable bonds is 9. The second kappa shape index (κ2) is 10.5. The lowest BCUT2D eigenvalue weighted by atomic mass is 10.2. The van der Waals surface area contributed by atoms with Gasteiger partial charge in [-0.2, -0.15) is 0 Å². The zero-order valence-electron chi connectivity index (χ0n) is 19.1. The Kier molecular flexibility index (Phi) is 7.73. The molecule has 1 N–H and O–H groups in total. The quantitative estimate of drug-likeness (QED) is 0.492. The van der Waals surface area contributed by atoms with Crippen LogP contribution in [0.25, 0.3) is 0 Å². The van der Waals surface area contributed by atoms with Gasteiger partial charge in [0.1, 0.15) is 5.75 Å². The second-order valence-electron chi connectivity index (χ2n) is 7.71. The fourth-order valence-electron chi connectivity index (χ4n) is 3.09. The van der Waals surface area contributed by atoms with Gasteiger partial charge in [-0.3, -0.25) is 9.10 Å². The molecule has 174 valence electrons. The van der Waals surface area contributed by atoms with Crippen molar-refractivity contribution in [1.82, 2.24) is 0 Å². The van der Waals surface area contributed by atoms with Crippen molar-refractivity contribution in [2.75, 3.05) is 23.8 Å². The van der Waals surface area contributed by atoms with Crippen LogP contribution in [0.4, 0.5) is 11.4 Å². The first-order valence-electron chi connectivity index (χ1n) is 10.5. The molecule has 0 aliphatic heterocycles. The van der Waals surface area contributed by atoms with Gasteiger partial charge in [-0.15, -0.1) is 0 Å². The lowest BCUT2D eigenvalue weighted by molar-refractivity contribution is 0.0657. The van der Waals surface area contributed by atoms with Crippen LogP contribution in [0.2, 0.25) is 0 Å². The molecule has 0 saturated heterocycles. The van der Waals surface area contributed by atoms with Gasteiger partial charge in [0.05, 0.1) is 30.4 Å². The van der Waals surface area contributed by atoms with E-state index in [4.69, 9.17) is 9.47 Å². The number of benzene rings is 3. The third kappa shape index (κ3) is 6.12. The molecule has 0 saturated carbocycles. The van der Waals surface area contributed by atoms with Crippen molar-refractivity contribution < 1.29 is 22.7 Å². The number of sulfonamides is 1. The lowest BCUT2D eigenvalue weighted by Gasteiger charge is -2.20. The topological polar surface area (TPSA) is 84.9 Å². The number of nitrogens with one attached hydrogen (secondary N) is 1. The van der Waals surface area contributed by atoms with E-state index in [2.05, 4.69) is 5.32 Å². The molecule has 3 aromatic rings. The minimum atomic E-state index is -3.87. The lowest BCUT2D eigenvalue weighted by Crippen LogP contribution is -2.26. The monoisotopic (exact) mass is 468 g/mol. The molecular formula is C25H28N2O5S. The maximum absolute atomic E-state index is 13.1. The third-order valence-electron chi connectivity index (χ3n) is 4.96. The Labute approximate surface area is 195 Å². The second-order valence-corrected chi connectivity index (χ2v) is 9.68. The molecule has 33 heavy (non-hydrogen) atoms. The van der Waals surface area contributed by atoms with Crippen LogP contribution >= 0.6 is 0 Å². The van der Waals surface area contributed by atoms with Gasteiger partial charge in [0.15, 0.2) is 0 Å². The number of hydrogen-bond donors (Lipinski definition) is 1. The Bertz CT molecular complexity index is 1210. The first kappa shape index (κ1) is 24.3. The summed E-state index contributed by atoms with van der Waals surface area (Å²) < 4.78 is 38.2. The van der Waals surface area contributed by atoms with Crippen molar-refractivity contribution in [1.29, 1.82) is 0 Å². The number of carbonyl (C=O) groups excluding carboxylic acids is 1.